The van der Waals surface area contributed by atoms with Crippen LogP contribution in [-0.2, 0) is 15.3 Å². The van der Waals surface area contributed by atoms with Crippen molar-refractivity contribution in [3.05, 3.63) is 108 Å². The summed E-state index contributed by atoms with van der Waals surface area (Å²) in [5.41, 5.74) is 1.94. The largest absolute Gasteiger partial charge is 0.507 e. The van der Waals surface area contributed by atoms with Crippen molar-refractivity contribution in [1.82, 2.24) is 10.2 Å². The first kappa shape index (κ1) is 30.8. The maximum Gasteiger partial charge on any atom is 0.301 e. The minimum Gasteiger partial charge on any atom is -0.507 e. The van der Waals surface area contributed by atoms with E-state index in [1.54, 1.807) is 48.5 Å². The summed E-state index contributed by atoms with van der Waals surface area (Å²) in [5.74, 6) is 0.228. The molecule has 0 spiro atoms. The fourth-order valence-corrected chi connectivity index (χ4v) is 6.51. The molecular formula is C33H31N3O6S2. The Labute approximate surface area is 263 Å². The number of nitrogens with zero attached hydrogens (tertiary/aromatic N) is 3. The highest BCUT2D eigenvalue weighted by Gasteiger charge is 2.48. The van der Waals surface area contributed by atoms with Gasteiger partial charge in [-0.1, -0.05) is 72.2 Å². The molecule has 1 aliphatic rings. The van der Waals surface area contributed by atoms with Gasteiger partial charge in [-0.3, -0.25) is 14.5 Å². The monoisotopic (exact) mass is 629 g/mol. The Hall–Kier alpha value is -4.61. The van der Waals surface area contributed by atoms with E-state index in [2.05, 4.69) is 16.8 Å². The molecule has 3 aromatic carbocycles. The molecule has 4 aromatic rings. The summed E-state index contributed by atoms with van der Waals surface area (Å²) < 4.78 is 17.8. The molecule has 1 saturated heterocycles. The van der Waals surface area contributed by atoms with Gasteiger partial charge in [-0.15, -0.1) is 10.2 Å². The van der Waals surface area contributed by atoms with Gasteiger partial charge in [0.25, 0.3) is 5.78 Å². The van der Waals surface area contributed by atoms with E-state index in [9.17, 15) is 14.7 Å². The van der Waals surface area contributed by atoms with Gasteiger partial charge in [-0.05, 0) is 61.4 Å². The van der Waals surface area contributed by atoms with E-state index in [-0.39, 0.29) is 23.1 Å². The van der Waals surface area contributed by atoms with Crippen molar-refractivity contribution in [1.29, 1.82) is 0 Å². The number of ether oxygens (including phenoxy) is 3. The molecule has 44 heavy (non-hydrogen) atoms. The summed E-state index contributed by atoms with van der Waals surface area (Å²) in [4.78, 5) is 28.6. The summed E-state index contributed by atoms with van der Waals surface area (Å²) in [5, 5.41) is 20.4. The van der Waals surface area contributed by atoms with Crippen LogP contribution in [-0.4, -0.2) is 46.8 Å². The van der Waals surface area contributed by atoms with E-state index in [0.29, 0.717) is 51.7 Å². The van der Waals surface area contributed by atoms with E-state index >= 15 is 0 Å². The average molecular weight is 630 g/mol. The Balaban J connectivity index is 1.58. The third kappa shape index (κ3) is 6.63. The SMILES string of the molecule is C=CCOc1ccc(C2C(=C(O)c3ccc(OCC)cc3)C(=O)C(=O)N2c2nnc(SCc3ccccc3)s2)cc1OCC. The van der Waals surface area contributed by atoms with Gasteiger partial charge in [0.2, 0.25) is 5.13 Å². The van der Waals surface area contributed by atoms with Crippen molar-refractivity contribution >= 4 is 45.7 Å². The summed E-state index contributed by atoms with van der Waals surface area (Å²) in [7, 11) is 0. The van der Waals surface area contributed by atoms with Crippen LogP contribution in [0.3, 0.4) is 0 Å². The Morgan fingerprint density at radius 2 is 1.73 bits per heavy atom. The van der Waals surface area contributed by atoms with Crippen LogP contribution >= 0.6 is 23.1 Å². The summed E-state index contributed by atoms with van der Waals surface area (Å²) in [6.45, 7) is 8.53. The number of benzene rings is 3. The fourth-order valence-electron chi connectivity index (χ4n) is 4.68. The van der Waals surface area contributed by atoms with E-state index in [4.69, 9.17) is 14.2 Å². The molecule has 9 nitrogen and oxygen atoms in total. The lowest BCUT2D eigenvalue weighted by atomic mass is 9.95. The quantitative estimate of drug-likeness (QED) is 0.0425. The lowest BCUT2D eigenvalue weighted by molar-refractivity contribution is -0.132. The summed E-state index contributed by atoms with van der Waals surface area (Å²) >= 11 is 2.69. The van der Waals surface area contributed by atoms with Crippen molar-refractivity contribution in [3.8, 4) is 17.2 Å². The van der Waals surface area contributed by atoms with Gasteiger partial charge in [0.15, 0.2) is 15.8 Å². The van der Waals surface area contributed by atoms with Crippen molar-refractivity contribution in [2.75, 3.05) is 24.7 Å². The number of Topliss-reactive ketones (excluding diaryl/α,β-unsaturated/α-hetero) is 1. The Morgan fingerprint density at radius 3 is 2.43 bits per heavy atom. The third-order valence-corrected chi connectivity index (χ3v) is 8.76. The number of hydrogen-bond acceptors (Lipinski definition) is 10. The van der Waals surface area contributed by atoms with E-state index in [1.165, 1.54) is 28.0 Å². The van der Waals surface area contributed by atoms with Crippen LogP contribution in [0.1, 0.15) is 36.6 Å². The van der Waals surface area contributed by atoms with Crippen LogP contribution in [0.4, 0.5) is 5.13 Å². The van der Waals surface area contributed by atoms with Gasteiger partial charge in [0, 0.05) is 11.3 Å². The molecule has 11 heteroatoms. The first-order chi connectivity index (χ1) is 21.4. The molecule has 1 aromatic heterocycles. The van der Waals surface area contributed by atoms with Gasteiger partial charge in [0.05, 0.1) is 24.8 Å². The molecular weight excluding hydrogens is 599 g/mol. The Kier molecular flexibility index (Phi) is 9.98. The normalized spacial score (nSPS) is 15.8. The smallest absolute Gasteiger partial charge is 0.301 e. The molecule has 0 radical (unpaired) electrons. The number of thioether (sulfide) groups is 1. The van der Waals surface area contributed by atoms with Crippen molar-refractivity contribution in [3.63, 3.8) is 0 Å². The van der Waals surface area contributed by atoms with Gasteiger partial charge < -0.3 is 19.3 Å². The number of amides is 1. The standard InChI is InChI=1S/C33H31N3O6S2/c1-4-18-42-25-17-14-23(19-26(25)41-6-3)28-27(29(37)22-12-15-24(16-13-22)40-5-2)30(38)31(39)36(28)32-34-35-33(44-32)43-20-21-10-8-7-9-11-21/h4,7-17,19,28,37H,1,5-6,18,20H2,2-3H3. The molecule has 1 aliphatic heterocycles. The number of ketones is 1. The van der Waals surface area contributed by atoms with Crippen LogP contribution < -0.4 is 19.1 Å². The number of aromatic nitrogens is 2. The molecule has 2 heterocycles. The fraction of sp³-hybridized carbons (Fsp3) is 0.212. The molecule has 226 valence electrons. The second-order valence-electron chi connectivity index (χ2n) is 9.49. The highest BCUT2D eigenvalue weighted by molar-refractivity contribution is 8.00. The second kappa shape index (κ2) is 14.2. The second-order valence-corrected chi connectivity index (χ2v) is 11.7. The van der Waals surface area contributed by atoms with Gasteiger partial charge in [-0.2, -0.15) is 0 Å². The minimum atomic E-state index is -1.01. The highest BCUT2D eigenvalue weighted by atomic mass is 32.2. The topological polar surface area (TPSA) is 111 Å². The first-order valence-electron chi connectivity index (χ1n) is 14.0. The number of aliphatic hydroxyl groups is 1. The number of anilines is 1. The van der Waals surface area contributed by atoms with E-state index in [1.807, 2.05) is 44.2 Å². The zero-order valence-corrected chi connectivity index (χ0v) is 25.9. The van der Waals surface area contributed by atoms with Gasteiger partial charge >= 0.3 is 5.91 Å². The molecule has 0 aliphatic carbocycles. The number of carbonyl (C=O) groups is 2. The predicted octanol–water partition coefficient (Wildman–Crippen LogP) is 6.82. The maximum absolute atomic E-state index is 13.7. The zero-order chi connectivity index (χ0) is 31.1. The molecule has 5 rings (SSSR count). The van der Waals surface area contributed by atoms with Crippen LogP contribution in [0.5, 0.6) is 17.2 Å². The Bertz CT molecular complexity index is 1670. The number of rotatable bonds is 13. The lowest BCUT2D eigenvalue weighted by Gasteiger charge is -2.23. The number of hydrogen-bond donors (Lipinski definition) is 1. The minimum absolute atomic E-state index is 0.0740. The molecule has 1 amide bonds. The molecule has 1 unspecified atom stereocenters. The summed E-state index contributed by atoms with van der Waals surface area (Å²) in [6, 6.07) is 20.8. The molecule has 1 fully saturated rings. The first-order valence-corrected chi connectivity index (χ1v) is 15.8. The molecule has 0 saturated carbocycles. The van der Waals surface area contributed by atoms with Gasteiger partial charge in [0.1, 0.15) is 18.1 Å². The predicted molar refractivity (Wildman–Crippen MR) is 172 cm³/mol. The van der Waals surface area contributed by atoms with Gasteiger partial charge in [-0.25, -0.2) is 0 Å². The maximum atomic E-state index is 13.7. The average Bonchev–Trinajstić information content (AvgIpc) is 3.62. The third-order valence-electron chi connectivity index (χ3n) is 6.63. The van der Waals surface area contributed by atoms with E-state index < -0.39 is 17.7 Å². The highest BCUT2D eigenvalue weighted by Crippen LogP contribution is 2.45. The Morgan fingerprint density at radius 1 is 0.977 bits per heavy atom. The van der Waals surface area contributed by atoms with Crippen LogP contribution in [0.15, 0.2) is 95.4 Å². The van der Waals surface area contributed by atoms with Crippen LogP contribution in [0.2, 0.25) is 0 Å². The molecule has 0 bridgehead atoms. The lowest BCUT2D eigenvalue weighted by Crippen LogP contribution is -2.29. The molecule has 1 N–H and O–H groups in total. The molecule has 1 atom stereocenters. The van der Waals surface area contributed by atoms with Crippen LogP contribution in [0.25, 0.3) is 5.76 Å². The van der Waals surface area contributed by atoms with Crippen molar-refractivity contribution < 1.29 is 28.9 Å². The van der Waals surface area contributed by atoms with E-state index in [0.717, 1.165) is 5.56 Å². The zero-order valence-electron chi connectivity index (χ0n) is 24.3. The number of aliphatic hydroxyl groups excluding tert-OH is 1. The van der Waals surface area contributed by atoms with Crippen LogP contribution in [0, 0.1) is 0 Å². The van der Waals surface area contributed by atoms with Crippen molar-refractivity contribution in [2.24, 2.45) is 0 Å². The van der Waals surface area contributed by atoms with Crippen molar-refractivity contribution in [2.45, 2.75) is 30.0 Å². The summed E-state index contributed by atoms with van der Waals surface area (Å²) in [6.07, 6.45) is 1.62. The number of carbonyl (C=O) groups excluding carboxylic acids is 2.